The first kappa shape index (κ1) is 23.0. The number of amidine groups is 1. The Morgan fingerprint density at radius 1 is 1.09 bits per heavy atom. The molecule has 0 spiro atoms. The minimum atomic E-state index is -0.405. The lowest BCUT2D eigenvalue weighted by Gasteiger charge is -2.42. The summed E-state index contributed by atoms with van der Waals surface area (Å²) >= 11 is 0. The summed E-state index contributed by atoms with van der Waals surface area (Å²) in [6.07, 6.45) is 2.70. The Morgan fingerprint density at radius 2 is 1.76 bits per heavy atom. The molecule has 0 saturated carbocycles. The maximum Gasteiger partial charge on any atom is 0.228 e. The molecular formula is C27H33N3O3. The van der Waals surface area contributed by atoms with E-state index in [0.29, 0.717) is 31.1 Å². The molecule has 2 amide bonds. The van der Waals surface area contributed by atoms with Crippen molar-refractivity contribution in [3.05, 3.63) is 54.1 Å². The van der Waals surface area contributed by atoms with E-state index in [-0.39, 0.29) is 11.8 Å². The number of nitrogens with one attached hydrogen (secondary N) is 1. The molecule has 1 N–H and O–H groups in total. The van der Waals surface area contributed by atoms with Gasteiger partial charge < -0.3 is 14.5 Å². The molecule has 0 aliphatic carbocycles. The van der Waals surface area contributed by atoms with Crippen LogP contribution in [0, 0.1) is 11.3 Å². The van der Waals surface area contributed by atoms with Gasteiger partial charge in [0.2, 0.25) is 11.8 Å². The van der Waals surface area contributed by atoms with Gasteiger partial charge in [0.25, 0.3) is 0 Å². The molecule has 6 nitrogen and oxygen atoms in total. The molecule has 4 rings (SSSR count). The number of ether oxygens (including phenoxy) is 1. The highest BCUT2D eigenvalue weighted by atomic mass is 16.5. The fourth-order valence-corrected chi connectivity index (χ4v) is 5.09. The van der Waals surface area contributed by atoms with Gasteiger partial charge in [-0.05, 0) is 47.6 Å². The van der Waals surface area contributed by atoms with Gasteiger partial charge in [0.1, 0.15) is 11.6 Å². The summed E-state index contributed by atoms with van der Waals surface area (Å²) < 4.78 is 5.36. The summed E-state index contributed by atoms with van der Waals surface area (Å²) in [7, 11) is 1.66. The van der Waals surface area contributed by atoms with E-state index >= 15 is 0 Å². The van der Waals surface area contributed by atoms with E-state index in [0.717, 1.165) is 48.4 Å². The van der Waals surface area contributed by atoms with Crippen molar-refractivity contribution in [1.29, 1.82) is 5.41 Å². The topological polar surface area (TPSA) is 73.7 Å². The highest BCUT2D eigenvalue weighted by molar-refractivity contribution is 6.00. The maximum atomic E-state index is 13.2. The molecule has 0 aromatic heterocycles. The Labute approximate surface area is 196 Å². The standard InChI is InChI=1S/C27H33N3O3/c1-19(31)29-12-10-20(11-13-29)18-30-25(28)16-27(2,17-26(30)32)23-8-4-6-21(14-23)22-7-5-9-24(15-22)33-3/h4-9,14-15,20,28H,10-13,16-18H2,1-3H3/t27-/m0/s1. The van der Waals surface area contributed by atoms with E-state index in [1.807, 2.05) is 29.2 Å². The van der Waals surface area contributed by atoms with Crippen LogP contribution in [-0.2, 0) is 15.0 Å². The molecule has 2 saturated heterocycles. The minimum Gasteiger partial charge on any atom is -0.497 e. The number of amides is 2. The second-order valence-electron chi connectivity index (χ2n) is 9.63. The normalized spacial score (nSPS) is 21.9. The third-order valence-electron chi connectivity index (χ3n) is 7.19. The molecular weight excluding hydrogens is 414 g/mol. The maximum absolute atomic E-state index is 13.2. The molecule has 0 radical (unpaired) electrons. The SMILES string of the molecule is COc1cccc(-c2cccc([C@@]3(C)CC(=N)N(CC4CCN(C(C)=O)CC4)C(=O)C3)c2)c1. The molecule has 2 aromatic carbocycles. The van der Waals surface area contributed by atoms with Crippen LogP contribution in [-0.4, -0.2) is 54.2 Å². The van der Waals surface area contributed by atoms with Crippen LogP contribution in [0.4, 0.5) is 0 Å². The Morgan fingerprint density at radius 3 is 2.39 bits per heavy atom. The van der Waals surface area contributed by atoms with Gasteiger partial charge in [-0.2, -0.15) is 0 Å². The summed E-state index contributed by atoms with van der Waals surface area (Å²) in [5.41, 5.74) is 2.81. The van der Waals surface area contributed by atoms with Gasteiger partial charge in [0.15, 0.2) is 0 Å². The van der Waals surface area contributed by atoms with Crippen molar-refractivity contribution in [3.63, 3.8) is 0 Å². The Hall–Kier alpha value is -3.15. The molecule has 6 heteroatoms. The lowest BCUT2D eigenvalue weighted by molar-refractivity contribution is -0.133. The van der Waals surface area contributed by atoms with Crippen molar-refractivity contribution in [2.24, 2.45) is 5.92 Å². The molecule has 2 fully saturated rings. The van der Waals surface area contributed by atoms with Crippen molar-refractivity contribution < 1.29 is 14.3 Å². The second kappa shape index (κ2) is 9.38. The molecule has 2 aliphatic rings. The zero-order valence-corrected chi connectivity index (χ0v) is 19.8. The van der Waals surface area contributed by atoms with E-state index < -0.39 is 5.41 Å². The number of hydrogen-bond donors (Lipinski definition) is 1. The average molecular weight is 448 g/mol. The van der Waals surface area contributed by atoms with Crippen LogP contribution in [0.15, 0.2) is 48.5 Å². The Bertz CT molecular complexity index is 1040. The lowest BCUT2D eigenvalue weighted by atomic mass is 9.73. The molecule has 0 unspecified atom stereocenters. The van der Waals surface area contributed by atoms with E-state index in [1.54, 1.807) is 18.9 Å². The summed E-state index contributed by atoms with van der Waals surface area (Å²) in [4.78, 5) is 28.3. The predicted molar refractivity (Wildman–Crippen MR) is 129 cm³/mol. The largest absolute Gasteiger partial charge is 0.497 e. The number of carbonyl (C=O) groups excluding carboxylic acids is 2. The van der Waals surface area contributed by atoms with Crippen molar-refractivity contribution >= 4 is 17.6 Å². The van der Waals surface area contributed by atoms with Crippen LogP contribution in [0.25, 0.3) is 11.1 Å². The van der Waals surface area contributed by atoms with Crippen molar-refractivity contribution in [2.75, 3.05) is 26.7 Å². The third kappa shape index (κ3) is 4.95. The highest BCUT2D eigenvalue weighted by Crippen LogP contribution is 2.38. The zero-order valence-electron chi connectivity index (χ0n) is 19.8. The molecule has 33 heavy (non-hydrogen) atoms. The van der Waals surface area contributed by atoms with Crippen molar-refractivity contribution in [1.82, 2.24) is 9.80 Å². The smallest absolute Gasteiger partial charge is 0.228 e. The van der Waals surface area contributed by atoms with Gasteiger partial charge in [-0.3, -0.25) is 15.0 Å². The summed E-state index contributed by atoms with van der Waals surface area (Å²) in [6.45, 7) is 5.76. The molecule has 1 atom stereocenters. The van der Waals surface area contributed by atoms with Gasteiger partial charge in [0, 0.05) is 44.8 Å². The quantitative estimate of drug-likeness (QED) is 0.735. The van der Waals surface area contributed by atoms with Crippen LogP contribution in [0.5, 0.6) is 5.75 Å². The molecule has 2 aromatic rings. The van der Waals surface area contributed by atoms with Gasteiger partial charge in [-0.1, -0.05) is 43.3 Å². The number of likely N-dealkylation sites (tertiary alicyclic amines) is 2. The van der Waals surface area contributed by atoms with Crippen molar-refractivity contribution in [3.8, 4) is 16.9 Å². The van der Waals surface area contributed by atoms with Crippen LogP contribution in [0.1, 0.15) is 45.1 Å². The van der Waals surface area contributed by atoms with Gasteiger partial charge in [-0.25, -0.2) is 0 Å². The Balaban J connectivity index is 1.47. The molecule has 174 valence electrons. The number of rotatable bonds is 5. The van der Waals surface area contributed by atoms with Gasteiger partial charge in [-0.15, -0.1) is 0 Å². The van der Waals surface area contributed by atoms with E-state index in [1.165, 1.54) is 0 Å². The summed E-state index contributed by atoms with van der Waals surface area (Å²) in [5, 5.41) is 8.70. The third-order valence-corrected chi connectivity index (χ3v) is 7.19. The summed E-state index contributed by atoms with van der Waals surface area (Å²) in [6, 6.07) is 16.3. The van der Waals surface area contributed by atoms with Crippen molar-refractivity contribution in [2.45, 2.75) is 44.9 Å². The number of nitrogens with zero attached hydrogens (tertiary/aromatic N) is 2. The number of methoxy groups -OCH3 is 1. The minimum absolute atomic E-state index is 0.0227. The number of piperidine rings is 2. The van der Waals surface area contributed by atoms with Crippen LogP contribution < -0.4 is 4.74 Å². The zero-order chi connectivity index (χ0) is 23.6. The van der Waals surface area contributed by atoms with Crippen LogP contribution in [0.2, 0.25) is 0 Å². The monoisotopic (exact) mass is 447 g/mol. The van der Waals surface area contributed by atoms with Gasteiger partial charge >= 0.3 is 0 Å². The number of benzene rings is 2. The second-order valence-corrected chi connectivity index (χ2v) is 9.63. The van der Waals surface area contributed by atoms with Gasteiger partial charge in [0.05, 0.1) is 7.11 Å². The highest BCUT2D eigenvalue weighted by Gasteiger charge is 2.40. The molecule has 2 aliphatic heterocycles. The first-order valence-electron chi connectivity index (χ1n) is 11.7. The van der Waals surface area contributed by atoms with Crippen LogP contribution >= 0.6 is 0 Å². The first-order chi connectivity index (χ1) is 15.8. The molecule has 0 bridgehead atoms. The lowest BCUT2D eigenvalue weighted by Crippen LogP contribution is -2.51. The average Bonchev–Trinajstić information content (AvgIpc) is 2.82. The number of carbonyl (C=O) groups is 2. The number of hydrogen-bond acceptors (Lipinski definition) is 4. The Kier molecular flexibility index (Phi) is 6.54. The predicted octanol–water partition coefficient (Wildman–Crippen LogP) is 4.48. The van der Waals surface area contributed by atoms with E-state index in [4.69, 9.17) is 10.1 Å². The summed E-state index contributed by atoms with van der Waals surface area (Å²) in [5.74, 6) is 1.68. The van der Waals surface area contributed by atoms with Crippen LogP contribution in [0.3, 0.4) is 0 Å². The molecule has 2 heterocycles. The first-order valence-corrected chi connectivity index (χ1v) is 11.7. The fraction of sp³-hybridized carbons (Fsp3) is 0.444. The van der Waals surface area contributed by atoms with E-state index in [9.17, 15) is 9.59 Å². The van der Waals surface area contributed by atoms with E-state index in [2.05, 4.69) is 31.2 Å². The fourth-order valence-electron chi connectivity index (χ4n) is 5.09.